The van der Waals surface area contributed by atoms with Crippen molar-refractivity contribution in [2.75, 3.05) is 32.8 Å². The zero-order valence-corrected chi connectivity index (χ0v) is 13.6. The first-order valence-corrected chi connectivity index (χ1v) is 9.25. The van der Waals surface area contributed by atoms with Crippen LogP contribution in [-0.2, 0) is 14.6 Å². The van der Waals surface area contributed by atoms with Crippen molar-refractivity contribution in [2.24, 2.45) is 11.1 Å². The normalized spacial score (nSPS) is 29.6. The Hall–Kier alpha value is -1.31. The highest BCUT2D eigenvalue weighted by atomic mass is 32.2. The third-order valence-corrected chi connectivity index (χ3v) is 6.22. The smallest absolute Gasteiger partial charge is 0.231 e. The number of ether oxygens (including phenoxy) is 3. The second-order valence-electron chi connectivity index (χ2n) is 5.91. The number of sulfone groups is 1. The lowest BCUT2D eigenvalue weighted by Crippen LogP contribution is -2.28. The van der Waals surface area contributed by atoms with Crippen molar-refractivity contribution in [3.63, 3.8) is 0 Å². The molecule has 22 heavy (non-hydrogen) atoms. The van der Waals surface area contributed by atoms with Crippen LogP contribution >= 0.6 is 0 Å². The maximum absolute atomic E-state index is 12.2. The minimum atomic E-state index is -3.22. The van der Waals surface area contributed by atoms with E-state index in [0.717, 1.165) is 5.56 Å². The largest absolute Gasteiger partial charge is 0.454 e. The van der Waals surface area contributed by atoms with Gasteiger partial charge in [0.15, 0.2) is 21.3 Å². The maximum Gasteiger partial charge on any atom is 0.231 e. The molecule has 3 atom stereocenters. The van der Waals surface area contributed by atoms with E-state index in [1.807, 2.05) is 25.1 Å². The number of nitrogens with two attached hydrogens (primary N) is 1. The summed E-state index contributed by atoms with van der Waals surface area (Å²) < 4.78 is 40.6. The predicted molar refractivity (Wildman–Crippen MR) is 81.9 cm³/mol. The molecule has 2 N–H and O–H groups in total. The Kier molecular flexibility index (Phi) is 3.82. The second kappa shape index (κ2) is 5.40. The average Bonchev–Trinajstić information content (AvgIpc) is 2.94. The molecule has 0 bridgehead atoms. The molecule has 0 amide bonds. The van der Waals surface area contributed by atoms with Crippen LogP contribution in [0.15, 0.2) is 18.2 Å². The molecule has 0 radical (unpaired) electrons. The van der Waals surface area contributed by atoms with Gasteiger partial charge in [0, 0.05) is 30.7 Å². The van der Waals surface area contributed by atoms with E-state index in [2.05, 4.69) is 0 Å². The van der Waals surface area contributed by atoms with E-state index in [4.69, 9.17) is 19.9 Å². The van der Waals surface area contributed by atoms with Gasteiger partial charge in [0.2, 0.25) is 6.79 Å². The Bertz CT molecular complexity index is 675. The molecule has 1 aliphatic carbocycles. The van der Waals surface area contributed by atoms with Crippen LogP contribution in [0.4, 0.5) is 0 Å². The molecule has 1 heterocycles. The topological polar surface area (TPSA) is 87.8 Å². The first-order chi connectivity index (χ1) is 10.4. The second-order valence-corrected chi connectivity index (χ2v) is 8.08. The molecule has 2 aliphatic rings. The Morgan fingerprint density at radius 3 is 2.73 bits per heavy atom. The van der Waals surface area contributed by atoms with E-state index in [1.165, 1.54) is 6.26 Å². The molecule has 0 aromatic heterocycles. The van der Waals surface area contributed by atoms with Gasteiger partial charge in [0.1, 0.15) is 0 Å². The molecule has 0 saturated heterocycles. The van der Waals surface area contributed by atoms with Crippen molar-refractivity contribution in [2.45, 2.75) is 18.1 Å². The molecule has 7 heteroatoms. The maximum atomic E-state index is 12.2. The summed E-state index contributed by atoms with van der Waals surface area (Å²) in [5.41, 5.74) is 6.29. The number of benzene rings is 1. The zero-order valence-electron chi connectivity index (χ0n) is 12.7. The van der Waals surface area contributed by atoms with Gasteiger partial charge in [0.05, 0.1) is 11.9 Å². The summed E-state index contributed by atoms with van der Waals surface area (Å²) in [5, 5.41) is -0.517. The van der Waals surface area contributed by atoms with E-state index in [0.29, 0.717) is 24.7 Å². The van der Waals surface area contributed by atoms with Gasteiger partial charge < -0.3 is 19.9 Å². The lowest BCUT2D eigenvalue weighted by molar-refractivity contribution is 0.101. The van der Waals surface area contributed by atoms with E-state index in [9.17, 15) is 8.42 Å². The molecule has 1 fully saturated rings. The third-order valence-electron chi connectivity index (χ3n) is 4.55. The number of fused-ring (bicyclic) bond motifs is 1. The van der Waals surface area contributed by atoms with Gasteiger partial charge in [-0.2, -0.15) is 0 Å². The van der Waals surface area contributed by atoms with Crippen molar-refractivity contribution in [3.8, 4) is 11.5 Å². The van der Waals surface area contributed by atoms with E-state index < -0.39 is 20.5 Å². The first-order valence-electron chi connectivity index (χ1n) is 7.30. The third kappa shape index (κ3) is 2.37. The van der Waals surface area contributed by atoms with Crippen LogP contribution < -0.4 is 15.2 Å². The van der Waals surface area contributed by atoms with E-state index >= 15 is 0 Å². The van der Waals surface area contributed by atoms with Crippen LogP contribution in [0.5, 0.6) is 11.5 Å². The molecule has 6 nitrogen and oxygen atoms in total. The van der Waals surface area contributed by atoms with Crippen molar-refractivity contribution < 1.29 is 22.6 Å². The van der Waals surface area contributed by atoms with E-state index in [-0.39, 0.29) is 19.3 Å². The summed E-state index contributed by atoms with van der Waals surface area (Å²) in [4.78, 5) is 0. The Labute approximate surface area is 130 Å². The minimum Gasteiger partial charge on any atom is -0.454 e. The standard InChI is InChI=1S/C15H21NO5S/c1-3-19-8-15(7-16)13(14(15)22(2,17)18)10-4-5-11-12(6-10)21-9-20-11/h4-6,13-14H,3,7-9,16H2,1-2H3/t13-,14+,15-/m1/s1. The van der Waals surface area contributed by atoms with Gasteiger partial charge in [-0.25, -0.2) is 8.42 Å². The van der Waals surface area contributed by atoms with Crippen LogP contribution in [0.2, 0.25) is 0 Å². The highest BCUT2D eigenvalue weighted by Crippen LogP contribution is 2.63. The van der Waals surface area contributed by atoms with Crippen molar-refractivity contribution >= 4 is 9.84 Å². The Morgan fingerprint density at radius 2 is 2.09 bits per heavy atom. The van der Waals surface area contributed by atoms with Gasteiger partial charge in [-0.1, -0.05) is 6.07 Å². The zero-order chi connectivity index (χ0) is 16.0. The summed E-state index contributed by atoms with van der Waals surface area (Å²) >= 11 is 0. The molecular weight excluding hydrogens is 306 g/mol. The fourth-order valence-electron chi connectivity index (χ4n) is 3.51. The molecule has 1 aromatic carbocycles. The fourth-order valence-corrected chi connectivity index (χ4v) is 5.51. The molecular formula is C15H21NO5S. The predicted octanol–water partition coefficient (Wildman–Crippen LogP) is 0.907. The van der Waals surface area contributed by atoms with Crippen molar-refractivity contribution in [1.29, 1.82) is 0 Å². The van der Waals surface area contributed by atoms with Gasteiger partial charge in [0.25, 0.3) is 0 Å². The summed E-state index contributed by atoms with van der Waals surface area (Å²) in [6, 6.07) is 5.56. The van der Waals surface area contributed by atoms with Crippen LogP contribution in [0.25, 0.3) is 0 Å². The molecule has 1 saturated carbocycles. The van der Waals surface area contributed by atoms with Crippen LogP contribution in [-0.4, -0.2) is 46.5 Å². The number of hydrogen-bond donors (Lipinski definition) is 1. The number of hydrogen-bond acceptors (Lipinski definition) is 6. The lowest BCUT2D eigenvalue weighted by atomic mass is 9.99. The first kappa shape index (κ1) is 15.6. The summed E-state index contributed by atoms with van der Waals surface area (Å²) in [6.07, 6.45) is 1.26. The summed E-state index contributed by atoms with van der Waals surface area (Å²) in [7, 11) is -3.22. The van der Waals surface area contributed by atoms with Gasteiger partial charge in [-0.05, 0) is 24.6 Å². The molecule has 3 rings (SSSR count). The Balaban J connectivity index is 1.96. The minimum absolute atomic E-state index is 0.173. The molecule has 0 spiro atoms. The number of rotatable bonds is 6. The quantitative estimate of drug-likeness (QED) is 0.835. The SMILES string of the molecule is CCOC[C@]1(CN)[C@H](c2ccc3c(c2)OCO3)[C@@H]1S(C)(=O)=O. The summed E-state index contributed by atoms with van der Waals surface area (Å²) in [5.74, 6) is 1.16. The molecule has 0 unspecified atom stereocenters. The average molecular weight is 327 g/mol. The highest BCUT2D eigenvalue weighted by Gasteiger charge is 2.69. The van der Waals surface area contributed by atoms with Gasteiger partial charge in [-0.15, -0.1) is 0 Å². The van der Waals surface area contributed by atoms with Crippen LogP contribution in [0.3, 0.4) is 0 Å². The van der Waals surface area contributed by atoms with E-state index in [1.54, 1.807) is 0 Å². The van der Waals surface area contributed by atoms with Gasteiger partial charge >= 0.3 is 0 Å². The molecule has 1 aromatic rings. The van der Waals surface area contributed by atoms with Crippen LogP contribution in [0, 0.1) is 5.41 Å². The monoisotopic (exact) mass is 327 g/mol. The highest BCUT2D eigenvalue weighted by molar-refractivity contribution is 7.91. The molecule has 122 valence electrons. The lowest BCUT2D eigenvalue weighted by Gasteiger charge is -2.15. The van der Waals surface area contributed by atoms with Crippen molar-refractivity contribution in [3.05, 3.63) is 23.8 Å². The molecule has 1 aliphatic heterocycles. The Morgan fingerprint density at radius 1 is 1.36 bits per heavy atom. The van der Waals surface area contributed by atoms with Gasteiger partial charge in [-0.3, -0.25) is 0 Å². The van der Waals surface area contributed by atoms with Crippen molar-refractivity contribution in [1.82, 2.24) is 0 Å². The fraction of sp³-hybridized carbons (Fsp3) is 0.600. The summed E-state index contributed by atoms with van der Waals surface area (Å²) in [6.45, 7) is 3.23. The van der Waals surface area contributed by atoms with Crippen LogP contribution in [0.1, 0.15) is 18.4 Å².